The predicted molar refractivity (Wildman–Crippen MR) is 70.3 cm³/mol. The lowest BCUT2D eigenvalue weighted by atomic mass is 10.1. The largest absolute Gasteiger partial charge is 0.508 e. The van der Waals surface area contributed by atoms with Gasteiger partial charge in [-0.3, -0.25) is 0 Å². The summed E-state index contributed by atoms with van der Waals surface area (Å²) in [5.74, 6) is -0.771. The molecule has 19 heavy (non-hydrogen) atoms. The van der Waals surface area contributed by atoms with Crippen molar-refractivity contribution in [3.05, 3.63) is 54.1 Å². The summed E-state index contributed by atoms with van der Waals surface area (Å²) in [5, 5.41) is 19.2. The molecule has 94 valence electrons. The van der Waals surface area contributed by atoms with Crippen LogP contribution in [-0.4, -0.2) is 16.2 Å². The summed E-state index contributed by atoms with van der Waals surface area (Å²) in [6.45, 7) is 0. The number of benzene rings is 2. The van der Waals surface area contributed by atoms with Crippen LogP contribution >= 0.6 is 0 Å². The molecule has 0 bridgehead atoms. The van der Waals surface area contributed by atoms with Crippen LogP contribution in [0.3, 0.4) is 0 Å². The van der Waals surface area contributed by atoms with E-state index in [4.69, 9.17) is 4.42 Å². The summed E-state index contributed by atoms with van der Waals surface area (Å²) >= 11 is 0. The van der Waals surface area contributed by atoms with Crippen molar-refractivity contribution < 1.29 is 19.4 Å². The quantitative estimate of drug-likeness (QED) is 0.734. The summed E-state index contributed by atoms with van der Waals surface area (Å²) in [4.78, 5) is 11.4. The van der Waals surface area contributed by atoms with E-state index in [-0.39, 0.29) is 11.3 Å². The average Bonchev–Trinajstić information content (AvgIpc) is 2.78. The van der Waals surface area contributed by atoms with Gasteiger partial charge < -0.3 is 14.6 Å². The van der Waals surface area contributed by atoms with E-state index in [1.165, 1.54) is 12.1 Å². The van der Waals surface area contributed by atoms with E-state index in [0.717, 1.165) is 0 Å². The SMILES string of the molecule is O=C(O)c1c(-c2ccccc2)oc2ccc(O)cc12. The molecule has 0 amide bonds. The van der Waals surface area contributed by atoms with Gasteiger partial charge in [0.2, 0.25) is 0 Å². The lowest BCUT2D eigenvalue weighted by molar-refractivity contribution is 0.0699. The fourth-order valence-corrected chi connectivity index (χ4v) is 2.09. The van der Waals surface area contributed by atoms with Gasteiger partial charge in [0.25, 0.3) is 0 Å². The van der Waals surface area contributed by atoms with Crippen LogP contribution in [0.4, 0.5) is 0 Å². The first-order chi connectivity index (χ1) is 9.16. The highest BCUT2D eigenvalue weighted by atomic mass is 16.4. The number of carbonyl (C=O) groups is 1. The Hall–Kier alpha value is -2.75. The first-order valence-electron chi connectivity index (χ1n) is 5.71. The summed E-state index contributed by atoms with van der Waals surface area (Å²) in [6, 6.07) is 13.5. The molecule has 0 unspecified atom stereocenters. The maximum atomic E-state index is 11.4. The summed E-state index contributed by atoms with van der Waals surface area (Å²) in [7, 11) is 0. The highest BCUT2D eigenvalue weighted by Gasteiger charge is 2.21. The standard InChI is InChI=1S/C15H10O4/c16-10-6-7-12-11(8-10)13(15(17)18)14(19-12)9-4-2-1-3-5-9/h1-8,16H,(H,17,18). The van der Waals surface area contributed by atoms with Gasteiger partial charge in [-0.1, -0.05) is 30.3 Å². The maximum Gasteiger partial charge on any atom is 0.340 e. The zero-order chi connectivity index (χ0) is 13.4. The maximum absolute atomic E-state index is 11.4. The monoisotopic (exact) mass is 254 g/mol. The molecule has 0 aliphatic heterocycles. The van der Waals surface area contributed by atoms with Gasteiger partial charge >= 0.3 is 5.97 Å². The van der Waals surface area contributed by atoms with E-state index < -0.39 is 5.97 Å². The van der Waals surface area contributed by atoms with Crippen LogP contribution < -0.4 is 0 Å². The zero-order valence-corrected chi connectivity index (χ0v) is 9.83. The average molecular weight is 254 g/mol. The molecule has 2 aromatic carbocycles. The molecular weight excluding hydrogens is 244 g/mol. The Bertz CT molecular complexity index is 756. The van der Waals surface area contributed by atoms with Gasteiger partial charge in [0.1, 0.15) is 22.7 Å². The van der Waals surface area contributed by atoms with E-state index in [0.29, 0.717) is 22.3 Å². The van der Waals surface area contributed by atoms with Gasteiger partial charge in [0.05, 0.1) is 0 Å². The minimum Gasteiger partial charge on any atom is -0.508 e. The topological polar surface area (TPSA) is 70.7 Å². The van der Waals surface area contributed by atoms with Gasteiger partial charge in [-0.15, -0.1) is 0 Å². The van der Waals surface area contributed by atoms with Crippen molar-refractivity contribution >= 4 is 16.9 Å². The van der Waals surface area contributed by atoms with Crippen LogP contribution in [0, 0.1) is 0 Å². The third kappa shape index (κ3) is 1.83. The lowest BCUT2D eigenvalue weighted by Crippen LogP contribution is -1.96. The fourth-order valence-electron chi connectivity index (χ4n) is 2.09. The summed E-state index contributed by atoms with van der Waals surface area (Å²) < 4.78 is 5.61. The summed E-state index contributed by atoms with van der Waals surface area (Å²) in [5.41, 5.74) is 1.20. The van der Waals surface area contributed by atoms with E-state index in [1.54, 1.807) is 18.2 Å². The molecule has 2 N–H and O–H groups in total. The van der Waals surface area contributed by atoms with Crippen LogP contribution in [0.2, 0.25) is 0 Å². The van der Waals surface area contributed by atoms with Crippen molar-refractivity contribution in [3.8, 4) is 17.1 Å². The lowest BCUT2D eigenvalue weighted by Gasteiger charge is -1.98. The Morgan fingerprint density at radius 2 is 1.79 bits per heavy atom. The number of fused-ring (bicyclic) bond motifs is 1. The molecule has 0 aliphatic carbocycles. The summed E-state index contributed by atoms with van der Waals surface area (Å²) in [6.07, 6.45) is 0. The van der Waals surface area contributed by atoms with E-state index in [1.807, 2.05) is 18.2 Å². The molecule has 0 fully saturated rings. The van der Waals surface area contributed by atoms with Crippen molar-refractivity contribution in [2.45, 2.75) is 0 Å². The minimum atomic E-state index is -1.08. The first-order valence-corrected chi connectivity index (χ1v) is 5.71. The predicted octanol–water partition coefficient (Wildman–Crippen LogP) is 3.50. The molecule has 3 aromatic rings. The Labute approximate surface area is 108 Å². The molecule has 4 nitrogen and oxygen atoms in total. The molecule has 0 saturated carbocycles. The van der Waals surface area contributed by atoms with Crippen molar-refractivity contribution in [1.29, 1.82) is 0 Å². The van der Waals surface area contributed by atoms with E-state index in [2.05, 4.69) is 0 Å². The third-order valence-corrected chi connectivity index (χ3v) is 2.92. The molecule has 1 aromatic heterocycles. The highest BCUT2D eigenvalue weighted by Crippen LogP contribution is 2.35. The molecule has 4 heteroatoms. The molecule has 3 rings (SSSR count). The van der Waals surface area contributed by atoms with Gasteiger partial charge in [-0.2, -0.15) is 0 Å². The van der Waals surface area contributed by atoms with Gasteiger partial charge in [0, 0.05) is 10.9 Å². The molecule has 0 saturated heterocycles. The number of carboxylic acids is 1. The highest BCUT2D eigenvalue weighted by molar-refractivity contribution is 6.08. The number of phenolic OH excluding ortho intramolecular Hbond substituents is 1. The van der Waals surface area contributed by atoms with Crippen molar-refractivity contribution in [2.75, 3.05) is 0 Å². The number of hydrogen-bond donors (Lipinski definition) is 2. The van der Waals surface area contributed by atoms with Crippen LogP contribution in [0.15, 0.2) is 52.9 Å². The number of hydrogen-bond acceptors (Lipinski definition) is 3. The third-order valence-electron chi connectivity index (χ3n) is 2.92. The van der Waals surface area contributed by atoms with Crippen LogP contribution in [0.5, 0.6) is 5.75 Å². The smallest absolute Gasteiger partial charge is 0.340 e. The molecule has 0 atom stereocenters. The minimum absolute atomic E-state index is 0.00964. The van der Waals surface area contributed by atoms with Crippen molar-refractivity contribution in [2.24, 2.45) is 0 Å². The number of aromatic carboxylic acids is 1. The Morgan fingerprint density at radius 1 is 1.05 bits per heavy atom. The molecule has 0 aliphatic rings. The fraction of sp³-hybridized carbons (Fsp3) is 0. The van der Waals surface area contributed by atoms with E-state index >= 15 is 0 Å². The van der Waals surface area contributed by atoms with E-state index in [9.17, 15) is 15.0 Å². The second-order valence-electron chi connectivity index (χ2n) is 4.16. The molecule has 0 radical (unpaired) electrons. The van der Waals surface area contributed by atoms with Gasteiger partial charge in [0.15, 0.2) is 0 Å². The second kappa shape index (κ2) is 4.17. The van der Waals surface area contributed by atoms with Crippen LogP contribution in [0.25, 0.3) is 22.3 Å². The number of aromatic hydroxyl groups is 1. The first kappa shape index (κ1) is 11.3. The Morgan fingerprint density at radius 3 is 2.47 bits per heavy atom. The number of carboxylic acid groups (broad SMARTS) is 1. The number of rotatable bonds is 2. The zero-order valence-electron chi connectivity index (χ0n) is 9.83. The number of phenols is 1. The molecular formula is C15H10O4. The number of furan rings is 1. The molecule has 0 spiro atoms. The Kier molecular flexibility index (Phi) is 2.49. The van der Waals surface area contributed by atoms with Crippen molar-refractivity contribution in [1.82, 2.24) is 0 Å². The van der Waals surface area contributed by atoms with Crippen LogP contribution in [-0.2, 0) is 0 Å². The molecule has 1 heterocycles. The van der Waals surface area contributed by atoms with Gasteiger partial charge in [-0.25, -0.2) is 4.79 Å². The second-order valence-corrected chi connectivity index (χ2v) is 4.16. The Balaban J connectivity index is 2.36. The normalized spacial score (nSPS) is 10.7. The van der Waals surface area contributed by atoms with Crippen LogP contribution in [0.1, 0.15) is 10.4 Å². The van der Waals surface area contributed by atoms with Gasteiger partial charge in [-0.05, 0) is 18.2 Å². The van der Waals surface area contributed by atoms with Crippen molar-refractivity contribution in [3.63, 3.8) is 0 Å².